The van der Waals surface area contributed by atoms with Crippen molar-refractivity contribution in [2.45, 2.75) is 37.9 Å². The van der Waals surface area contributed by atoms with Crippen LogP contribution in [0.25, 0.3) is 0 Å². The van der Waals surface area contributed by atoms with Crippen molar-refractivity contribution >= 4 is 23.4 Å². The lowest BCUT2D eigenvalue weighted by Crippen LogP contribution is -2.51. The van der Waals surface area contributed by atoms with Crippen LogP contribution in [0, 0.1) is 0 Å². The highest BCUT2D eigenvalue weighted by molar-refractivity contribution is 6.30. The maximum absolute atomic E-state index is 12.8. The van der Waals surface area contributed by atoms with E-state index in [1.165, 1.54) is 0 Å². The summed E-state index contributed by atoms with van der Waals surface area (Å²) < 4.78 is 0. The molecule has 27 heavy (non-hydrogen) atoms. The van der Waals surface area contributed by atoms with Gasteiger partial charge in [-0.1, -0.05) is 41.9 Å². The molecule has 2 atom stereocenters. The molecular formula is C20H23ClN4O2. The Hall–Kier alpha value is -2.44. The highest BCUT2D eigenvalue weighted by atomic mass is 35.5. The molecule has 0 saturated carbocycles. The summed E-state index contributed by atoms with van der Waals surface area (Å²) in [5.74, 6) is -0.369. The van der Waals surface area contributed by atoms with Crippen molar-refractivity contribution in [3.05, 3.63) is 64.9 Å². The van der Waals surface area contributed by atoms with Gasteiger partial charge >= 0.3 is 0 Å². The Bertz CT molecular complexity index is 800. The van der Waals surface area contributed by atoms with Crippen LogP contribution in [0.15, 0.2) is 48.7 Å². The molecule has 1 aliphatic heterocycles. The number of amides is 2. The van der Waals surface area contributed by atoms with Crippen molar-refractivity contribution in [1.29, 1.82) is 0 Å². The zero-order valence-corrected chi connectivity index (χ0v) is 15.7. The predicted molar refractivity (Wildman–Crippen MR) is 104 cm³/mol. The Morgan fingerprint density at radius 2 is 2.07 bits per heavy atom. The van der Waals surface area contributed by atoms with Crippen molar-refractivity contribution in [2.75, 3.05) is 6.54 Å². The van der Waals surface area contributed by atoms with Gasteiger partial charge in [-0.05, 0) is 37.0 Å². The third-order valence-corrected chi connectivity index (χ3v) is 4.91. The third-order valence-electron chi connectivity index (χ3n) is 4.68. The number of halogens is 1. The number of hydrogen-bond acceptors (Lipinski definition) is 4. The summed E-state index contributed by atoms with van der Waals surface area (Å²) in [5, 5.41) is 3.42. The van der Waals surface area contributed by atoms with Gasteiger partial charge in [0.25, 0.3) is 0 Å². The number of likely N-dealkylation sites (tertiary alicyclic amines) is 1. The van der Waals surface area contributed by atoms with Gasteiger partial charge < -0.3 is 16.0 Å². The molecule has 142 valence electrons. The summed E-state index contributed by atoms with van der Waals surface area (Å²) in [6.07, 6.45) is 3.48. The first-order valence-corrected chi connectivity index (χ1v) is 9.40. The number of nitrogens with one attached hydrogen (secondary N) is 1. The van der Waals surface area contributed by atoms with Crippen LogP contribution in [-0.2, 0) is 22.6 Å². The lowest BCUT2D eigenvalue weighted by Gasteiger charge is -2.26. The van der Waals surface area contributed by atoms with Crippen molar-refractivity contribution in [1.82, 2.24) is 15.2 Å². The van der Waals surface area contributed by atoms with Crippen LogP contribution in [0.4, 0.5) is 0 Å². The second-order valence-corrected chi connectivity index (χ2v) is 7.11. The zero-order chi connectivity index (χ0) is 19.2. The van der Waals surface area contributed by atoms with Crippen molar-refractivity contribution in [3.8, 4) is 0 Å². The Kier molecular flexibility index (Phi) is 6.42. The number of hydrogen-bond donors (Lipinski definition) is 2. The van der Waals surface area contributed by atoms with Gasteiger partial charge in [0.1, 0.15) is 6.04 Å². The van der Waals surface area contributed by atoms with E-state index in [1.54, 1.807) is 23.2 Å². The molecule has 2 heterocycles. The van der Waals surface area contributed by atoms with E-state index in [0.717, 1.165) is 12.0 Å². The number of benzene rings is 1. The van der Waals surface area contributed by atoms with Crippen LogP contribution >= 0.6 is 11.6 Å². The van der Waals surface area contributed by atoms with Crippen LogP contribution in [0.3, 0.4) is 0 Å². The second kappa shape index (κ2) is 8.97. The van der Waals surface area contributed by atoms with Crippen molar-refractivity contribution < 1.29 is 9.59 Å². The Morgan fingerprint density at radius 3 is 2.81 bits per heavy atom. The van der Waals surface area contributed by atoms with E-state index in [0.29, 0.717) is 30.1 Å². The average Bonchev–Trinajstić information content (AvgIpc) is 3.16. The molecule has 3 rings (SSSR count). The molecule has 0 radical (unpaired) electrons. The standard InChI is InChI=1S/C20H23ClN4O2/c21-15-8-9-23-16(12-15)13-24-19(26)18-7-4-10-25(18)20(27)17(22)11-14-5-2-1-3-6-14/h1-3,5-6,8-9,12,17-18H,4,7,10-11,13,22H2,(H,24,26)/t17-,18+/m1/s1. The summed E-state index contributed by atoms with van der Waals surface area (Å²) in [6, 6.07) is 11.9. The first-order chi connectivity index (χ1) is 13.0. The number of carbonyl (C=O) groups excluding carboxylic acids is 2. The van der Waals surface area contributed by atoms with E-state index in [4.69, 9.17) is 17.3 Å². The van der Waals surface area contributed by atoms with Gasteiger partial charge in [0, 0.05) is 17.8 Å². The predicted octanol–water partition coefficient (Wildman–Crippen LogP) is 1.91. The van der Waals surface area contributed by atoms with Crippen LogP contribution in [-0.4, -0.2) is 40.3 Å². The molecule has 1 fully saturated rings. The summed E-state index contributed by atoms with van der Waals surface area (Å²) in [5.41, 5.74) is 7.80. The summed E-state index contributed by atoms with van der Waals surface area (Å²) in [7, 11) is 0. The largest absolute Gasteiger partial charge is 0.349 e. The molecule has 2 aromatic rings. The molecule has 0 spiro atoms. The molecule has 0 aliphatic carbocycles. The molecule has 6 nitrogen and oxygen atoms in total. The maximum Gasteiger partial charge on any atom is 0.243 e. The first kappa shape index (κ1) is 19.3. The fourth-order valence-corrected chi connectivity index (χ4v) is 3.49. The van der Waals surface area contributed by atoms with Crippen LogP contribution < -0.4 is 11.1 Å². The lowest BCUT2D eigenvalue weighted by molar-refractivity contribution is -0.139. The highest BCUT2D eigenvalue weighted by Crippen LogP contribution is 2.19. The molecule has 3 N–H and O–H groups in total. The van der Waals surface area contributed by atoms with E-state index in [1.807, 2.05) is 30.3 Å². The average molecular weight is 387 g/mol. The Morgan fingerprint density at radius 1 is 1.30 bits per heavy atom. The first-order valence-electron chi connectivity index (χ1n) is 9.02. The Labute approximate surface area is 163 Å². The van der Waals surface area contributed by atoms with E-state index in [9.17, 15) is 9.59 Å². The lowest BCUT2D eigenvalue weighted by atomic mass is 10.1. The minimum absolute atomic E-state index is 0.183. The minimum Gasteiger partial charge on any atom is -0.349 e. The highest BCUT2D eigenvalue weighted by Gasteiger charge is 2.36. The third kappa shape index (κ3) is 5.05. The smallest absolute Gasteiger partial charge is 0.243 e. The van der Waals surface area contributed by atoms with Gasteiger partial charge in [-0.25, -0.2) is 0 Å². The number of aromatic nitrogens is 1. The number of nitrogens with zero attached hydrogens (tertiary/aromatic N) is 2. The van der Waals surface area contributed by atoms with Gasteiger partial charge in [-0.2, -0.15) is 0 Å². The van der Waals surface area contributed by atoms with E-state index >= 15 is 0 Å². The second-order valence-electron chi connectivity index (χ2n) is 6.67. The number of pyridine rings is 1. The zero-order valence-electron chi connectivity index (χ0n) is 15.0. The number of carbonyl (C=O) groups is 2. The van der Waals surface area contributed by atoms with E-state index in [-0.39, 0.29) is 18.4 Å². The number of nitrogens with two attached hydrogens (primary N) is 1. The fourth-order valence-electron chi connectivity index (χ4n) is 3.31. The summed E-state index contributed by atoms with van der Waals surface area (Å²) >= 11 is 5.93. The molecule has 2 amide bonds. The van der Waals surface area contributed by atoms with Gasteiger partial charge in [0.15, 0.2) is 0 Å². The van der Waals surface area contributed by atoms with Crippen LogP contribution in [0.5, 0.6) is 0 Å². The SMILES string of the molecule is N[C@H](Cc1ccccc1)C(=O)N1CCC[C@H]1C(=O)NCc1cc(Cl)ccn1. The Balaban J connectivity index is 1.58. The molecule has 1 aromatic heterocycles. The minimum atomic E-state index is -0.657. The maximum atomic E-state index is 12.8. The molecule has 1 saturated heterocycles. The molecule has 0 unspecified atom stereocenters. The van der Waals surface area contributed by atoms with Crippen LogP contribution in [0.2, 0.25) is 5.02 Å². The van der Waals surface area contributed by atoms with E-state index in [2.05, 4.69) is 10.3 Å². The molecule has 0 bridgehead atoms. The van der Waals surface area contributed by atoms with E-state index < -0.39 is 12.1 Å². The summed E-state index contributed by atoms with van der Waals surface area (Å²) in [6.45, 7) is 0.822. The normalized spacial score (nSPS) is 17.6. The van der Waals surface area contributed by atoms with Gasteiger partial charge in [0.2, 0.25) is 11.8 Å². The molecular weight excluding hydrogens is 364 g/mol. The molecule has 1 aromatic carbocycles. The fraction of sp³-hybridized carbons (Fsp3) is 0.350. The quantitative estimate of drug-likeness (QED) is 0.793. The van der Waals surface area contributed by atoms with Crippen molar-refractivity contribution in [3.63, 3.8) is 0 Å². The van der Waals surface area contributed by atoms with Crippen LogP contribution in [0.1, 0.15) is 24.1 Å². The summed E-state index contributed by atoms with van der Waals surface area (Å²) in [4.78, 5) is 31.1. The van der Waals surface area contributed by atoms with Gasteiger partial charge in [-0.3, -0.25) is 14.6 Å². The number of rotatable bonds is 6. The van der Waals surface area contributed by atoms with Gasteiger partial charge in [0.05, 0.1) is 18.3 Å². The van der Waals surface area contributed by atoms with Crippen molar-refractivity contribution in [2.24, 2.45) is 5.73 Å². The van der Waals surface area contributed by atoms with Gasteiger partial charge in [-0.15, -0.1) is 0 Å². The monoisotopic (exact) mass is 386 g/mol. The topological polar surface area (TPSA) is 88.3 Å². The molecule has 1 aliphatic rings. The molecule has 7 heteroatoms.